The normalized spacial score (nSPS) is 12.1. The molecule has 168 valence electrons. The van der Waals surface area contributed by atoms with Crippen LogP contribution in [-0.2, 0) is 20.0 Å². The summed E-state index contributed by atoms with van der Waals surface area (Å²) < 4.78 is 60.9. The quantitative estimate of drug-likeness (QED) is 0.306. The summed E-state index contributed by atoms with van der Waals surface area (Å²) in [6.45, 7) is 0. The Morgan fingerprint density at radius 2 is 1.30 bits per heavy atom. The van der Waals surface area contributed by atoms with Crippen molar-refractivity contribution in [3.63, 3.8) is 0 Å². The molecule has 0 saturated heterocycles. The zero-order valence-electron chi connectivity index (χ0n) is 16.6. The maximum atomic E-state index is 12.4. The van der Waals surface area contributed by atoms with Gasteiger partial charge in [0.2, 0.25) is 5.89 Å². The van der Waals surface area contributed by atoms with Crippen LogP contribution in [-0.4, -0.2) is 21.8 Å². The Morgan fingerprint density at radius 1 is 0.727 bits per heavy atom. The molecule has 2 N–H and O–H groups in total. The van der Waals surface area contributed by atoms with Gasteiger partial charge in [-0.3, -0.25) is 9.44 Å². The third kappa shape index (κ3) is 4.50. The third-order valence-electron chi connectivity index (χ3n) is 4.54. The summed E-state index contributed by atoms with van der Waals surface area (Å²) in [7, 11) is -7.30. The highest BCUT2D eigenvalue weighted by molar-refractivity contribution is 7.95. The summed E-state index contributed by atoms with van der Waals surface area (Å²) in [5.41, 5.74) is 2.40. The van der Waals surface area contributed by atoms with Crippen LogP contribution in [0.25, 0.3) is 22.6 Å². The van der Waals surface area contributed by atoms with Crippen LogP contribution >= 0.6 is 22.7 Å². The number of nitrogens with zero attached hydrogens (tertiary/aromatic N) is 1. The van der Waals surface area contributed by atoms with E-state index in [2.05, 4.69) is 14.4 Å². The van der Waals surface area contributed by atoms with Gasteiger partial charge in [-0.15, -0.1) is 22.7 Å². The lowest BCUT2D eigenvalue weighted by atomic mass is 10.2. The van der Waals surface area contributed by atoms with Crippen LogP contribution in [0.2, 0.25) is 0 Å². The lowest BCUT2D eigenvalue weighted by molar-refractivity contribution is 0.601. The Labute approximate surface area is 197 Å². The van der Waals surface area contributed by atoms with Crippen LogP contribution in [0.1, 0.15) is 0 Å². The number of rotatable bonds is 7. The number of aromatic nitrogens is 1. The van der Waals surface area contributed by atoms with Crippen LogP contribution < -0.4 is 9.44 Å². The highest BCUT2D eigenvalue weighted by Crippen LogP contribution is 2.29. The number of thiophene rings is 2. The van der Waals surface area contributed by atoms with Crippen molar-refractivity contribution in [2.24, 2.45) is 0 Å². The van der Waals surface area contributed by atoms with Gasteiger partial charge in [-0.1, -0.05) is 12.1 Å². The molecule has 0 unspecified atom stereocenters. The van der Waals surface area contributed by atoms with Gasteiger partial charge in [0.1, 0.15) is 13.9 Å². The molecule has 0 bridgehead atoms. The minimum absolute atomic E-state index is 0.221. The molecular formula is C21H15N3O5S4. The Morgan fingerprint density at radius 3 is 1.88 bits per heavy atom. The van der Waals surface area contributed by atoms with Gasteiger partial charge in [-0.05, 0) is 65.4 Å². The molecule has 0 saturated carbocycles. The van der Waals surface area contributed by atoms with Crippen molar-refractivity contribution in [3.05, 3.63) is 77.5 Å². The topological polar surface area (TPSA) is 118 Å². The van der Waals surface area contributed by atoms with Crippen molar-refractivity contribution in [3.8, 4) is 11.5 Å². The first-order chi connectivity index (χ1) is 15.8. The highest BCUT2D eigenvalue weighted by Gasteiger charge is 2.17. The number of sulfonamides is 2. The van der Waals surface area contributed by atoms with E-state index in [4.69, 9.17) is 4.42 Å². The standard InChI is InChI=1S/C21H15N3O5S4/c25-32(26,19-3-1-11-30-19)23-15-7-5-14(6-8-15)21-22-17-13-16(9-10-18(17)29-21)24-33(27,28)20-4-2-12-31-20/h1-13,23-24H. The Hall–Kier alpha value is -3.19. The lowest BCUT2D eigenvalue weighted by Gasteiger charge is -2.06. The molecule has 12 heteroatoms. The molecule has 8 nitrogen and oxygen atoms in total. The van der Waals surface area contributed by atoms with Crippen molar-refractivity contribution in [2.45, 2.75) is 8.42 Å². The number of anilines is 2. The number of fused-ring (bicyclic) bond motifs is 1. The second-order valence-corrected chi connectivity index (χ2v) is 12.6. The Bertz CT molecular complexity index is 1620. The molecule has 0 aliphatic carbocycles. The van der Waals surface area contributed by atoms with E-state index in [9.17, 15) is 16.8 Å². The van der Waals surface area contributed by atoms with Crippen LogP contribution in [0.4, 0.5) is 11.4 Å². The minimum atomic E-state index is -3.67. The average molecular weight is 518 g/mol. The molecule has 5 rings (SSSR count). The van der Waals surface area contributed by atoms with E-state index in [1.54, 1.807) is 65.4 Å². The van der Waals surface area contributed by atoms with Crippen LogP contribution in [0.15, 0.2) is 90.3 Å². The Balaban J connectivity index is 1.37. The number of oxazole rings is 1. The zero-order valence-corrected chi connectivity index (χ0v) is 19.9. The summed E-state index contributed by atoms with van der Waals surface area (Å²) in [5, 5.41) is 3.39. The molecule has 0 spiro atoms. The van der Waals surface area contributed by atoms with Crippen LogP contribution in [0.5, 0.6) is 0 Å². The number of hydrogen-bond donors (Lipinski definition) is 2. The molecule has 0 atom stereocenters. The summed E-state index contributed by atoms with van der Waals surface area (Å²) in [4.78, 5) is 4.45. The smallest absolute Gasteiger partial charge is 0.271 e. The number of nitrogens with one attached hydrogen (secondary N) is 2. The first-order valence-electron chi connectivity index (χ1n) is 9.44. The minimum Gasteiger partial charge on any atom is -0.436 e. The zero-order chi connectivity index (χ0) is 23.1. The fourth-order valence-corrected chi connectivity index (χ4v) is 7.13. The van der Waals surface area contributed by atoms with Gasteiger partial charge in [0.25, 0.3) is 20.0 Å². The molecule has 0 amide bonds. The van der Waals surface area contributed by atoms with E-state index in [1.165, 1.54) is 12.1 Å². The van der Waals surface area contributed by atoms with E-state index in [0.717, 1.165) is 22.7 Å². The van der Waals surface area contributed by atoms with E-state index in [1.807, 2.05) is 0 Å². The molecular weight excluding hydrogens is 503 g/mol. The van der Waals surface area contributed by atoms with Crippen molar-refractivity contribution in [2.75, 3.05) is 9.44 Å². The monoisotopic (exact) mass is 517 g/mol. The van der Waals surface area contributed by atoms with Gasteiger partial charge in [-0.25, -0.2) is 21.8 Å². The second kappa shape index (κ2) is 8.30. The largest absolute Gasteiger partial charge is 0.436 e. The van der Waals surface area contributed by atoms with Gasteiger partial charge in [0, 0.05) is 11.3 Å². The van der Waals surface area contributed by atoms with Crippen molar-refractivity contribution < 1.29 is 21.3 Å². The third-order valence-corrected chi connectivity index (χ3v) is 10.1. The molecule has 0 aliphatic rings. The molecule has 2 aromatic carbocycles. The molecule has 33 heavy (non-hydrogen) atoms. The predicted molar refractivity (Wildman–Crippen MR) is 130 cm³/mol. The van der Waals surface area contributed by atoms with Crippen molar-refractivity contribution in [1.82, 2.24) is 4.98 Å². The SMILES string of the molecule is O=S(=O)(Nc1ccc(-c2nc3cc(NS(=O)(=O)c4cccs4)ccc3o2)cc1)c1cccs1. The number of benzene rings is 2. The average Bonchev–Trinajstić information content (AvgIpc) is 3.55. The molecule has 3 aromatic heterocycles. The molecule has 3 heterocycles. The first-order valence-corrected chi connectivity index (χ1v) is 14.2. The van der Waals surface area contributed by atoms with E-state index >= 15 is 0 Å². The van der Waals surface area contributed by atoms with E-state index < -0.39 is 20.0 Å². The van der Waals surface area contributed by atoms with Gasteiger partial charge in [-0.2, -0.15) is 0 Å². The maximum absolute atomic E-state index is 12.4. The van der Waals surface area contributed by atoms with Gasteiger partial charge in [0.05, 0.1) is 5.69 Å². The molecule has 5 aromatic rings. The van der Waals surface area contributed by atoms with Gasteiger partial charge < -0.3 is 4.42 Å². The van der Waals surface area contributed by atoms with Gasteiger partial charge in [0.15, 0.2) is 5.58 Å². The van der Waals surface area contributed by atoms with Gasteiger partial charge >= 0.3 is 0 Å². The predicted octanol–water partition coefficient (Wildman–Crippen LogP) is 5.22. The van der Waals surface area contributed by atoms with Crippen molar-refractivity contribution in [1.29, 1.82) is 0 Å². The summed E-state index contributed by atoms with van der Waals surface area (Å²) in [6.07, 6.45) is 0. The lowest BCUT2D eigenvalue weighted by Crippen LogP contribution is -2.11. The summed E-state index contributed by atoms with van der Waals surface area (Å²) in [5.74, 6) is 0.330. The molecule has 0 fully saturated rings. The van der Waals surface area contributed by atoms with Crippen molar-refractivity contribution >= 4 is 65.2 Å². The molecule has 0 radical (unpaired) electrons. The van der Waals surface area contributed by atoms with Crippen LogP contribution in [0.3, 0.4) is 0 Å². The maximum Gasteiger partial charge on any atom is 0.271 e. The fraction of sp³-hybridized carbons (Fsp3) is 0. The Kier molecular flexibility index (Phi) is 5.44. The molecule has 0 aliphatic heterocycles. The first kappa shape index (κ1) is 21.6. The summed E-state index contributed by atoms with van der Waals surface area (Å²) >= 11 is 2.27. The van der Waals surface area contributed by atoms with E-state index in [-0.39, 0.29) is 8.42 Å². The highest BCUT2D eigenvalue weighted by atomic mass is 32.3. The van der Waals surface area contributed by atoms with Crippen LogP contribution in [0, 0.1) is 0 Å². The number of hydrogen-bond acceptors (Lipinski definition) is 8. The summed E-state index contributed by atoms with van der Waals surface area (Å²) in [6, 6.07) is 17.9. The van der Waals surface area contributed by atoms with E-state index in [0.29, 0.717) is 33.9 Å². The second-order valence-electron chi connectivity index (χ2n) is 6.85. The fourth-order valence-electron chi connectivity index (χ4n) is 3.04.